The van der Waals surface area contributed by atoms with Crippen LogP contribution in [0.4, 0.5) is 8.78 Å². The Morgan fingerprint density at radius 2 is 1.83 bits per heavy atom. The highest BCUT2D eigenvalue weighted by atomic mass is 32.2. The second-order valence-electron chi connectivity index (χ2n) is 5.75. The van der Waals surface area contributed by atoms with Gasteiger partial charge in [0, 0.05) is 11.1 Å². The lowest BCUT2D eigenvalue weighted by atomic mass is 10.2. The number of halogens is 2. The van der Waals surface area contributed by atoms with E-state index in [1.807, 2.05) is 30.3 Å². The van der Waals surface area contributed by atoms with Crippen LogP contribution in [0.5, 0.6) is 5.75 Å². The van der Waals surface area contributed by atoms with Gasteiger partial charge in [0.05, 0.1) is 17.6 Å². The Bertz CT molecular complexity index is 994. The van der Waals surface area contributed by atoms with Gasteiger partial charge in [0.15, 0.2) is 5.16 Å². The summed E-state index contributed by atoms with van der Waals surface area (Å²) in [5.41, 5.74) is 1.69. The van der Waals surface area contributed by atoms with Gasteiger partial charge in [-0.25, -0.2) is 9.66 Å². The predicted octanol–water partition coefficient (Wildman–Crippen LogP) is 2.91. The fraction of sp³-hybridized carbons (Fsp3) is 0.105. The molecule has 3 rings (SSSR count). The van der Waals surface area contributed by atoms with Crippen LogP contribution in [0.3, 0.4) is 0 Å². The zero-order chi connectivity index (χ0) is 20.8. The van der Waals surface area contributed by atoms with Crippen LogP contribution < -0.4 is 15.9 Å². The van der Waals surface area contributed by atoms with Gasteiger partial charge in [0.25, 0.3) is 5.91 Å². The zero-order valence-electron chi connectivity index (χ0n) is 14.9. The number of amides is 2. The van der Waals surface area contributed by atoms with E-state index < -0.39 is 18.4 Å². The molecular weight excluding hydrogens is 402 g/mol. The molecule has 7 nitrogen and oxygen atoms in total. The fourth-order valence-electron chi connectivity index (χ4n) is 2.38. The first-order valence-electron chi connectivity index (χ1n) is 8.34. The fourth-order valence-corrected chi connectivity index (χ4v) is 3.08. The number of benzene rings is 2. The molecule has 0 aliphatic rings. The summed E-state index contributed by atoms with van der Waals surface area (Å²) in [5.74, 6) is 4.51. The second-order valence-corrected chi connectivity index (χ2v) is 6.69. The molecule has 29 heavy (non-hydrogen) atoms. The maximum absolute atomic E-state index is 12.1. The first kappa shape index (κ1) is 20.3. The lowest BCUT2D eigenvalue weighted by Gasteiger charge is -2.06. The molecule has 0 fully saturated rings. The molecule has 150 valence electrons. The highest BCUT2D eigenvalue weighted by Crippen LogP contribution is 2.22. The number of imidazole rings is 1. The number of nitrogens with two attached hydrogens (primary N) is 1. The monoisotopic (exact) mass is 418 g/mol. The Balaban J connectivity index is 1.55. The van der Waals surface area contributed by atoms with Gasteiger partial charge in [-0.3, -0.25) is 14.9 Å². The number of aromatic nitrogens is 2. The third-order valence-corrected chi connectivity index (χ3v) is 4.66. The van der Waals surface area contributed by atoms with Crippen LogP contribution in [-0.2, 0) is 4.79 Å². The molecule has 0 unspecified atom stereocenters. The van der Waals surface area contributed by atoms with Crippen molar-refractivity contribution in [1.82, 2.24) is 15.0 Å². The van der Waals surface area contributed by atoms with Crippen LogP contribution >= 0.6 is 11.8 Å². The Morgan fingerprint density at radius 1 is 1.14 bits per heavy atom. The van der Waals surface area contributed by atoms with Crippen LogP contribution in [-0.4, -0.2) is 33.8 Å². The van der Waals surface area contributed by atoms with Gasteiger partial charge in [-0.15, -0.1) is 0 Å². The summed E-state index contributed by atoms with van der Waals surface area (Å²) in [4.78, 5) is 28.5. The van der Waals surface area contributed by atoms with E-state index in [2.05, 4.69) is 15.0 Å². The molecule has 2 aromatic carbocycles. The number of carbonyl (C=O) groups is 2. The summed E-state index contributed by atoms with van der Waals surface area (Å²) in [6.45, 7) is -2.95. The number of carbonyl (C=O) groups excluding carboxylic acids is 2. The molecule has 3 N–H and O–H groups in total. The molecule has 0 spiro atoms. The van der Waals surface area contributed by atoms with E-state index in [1.54, 1.807) is 6.20 Å². The molecule has 0 aliphatic carbocycles. The van der Waals surface area contributed by atoms with Crippen molar-refractivity contribution in [1.29, 1.82) is 0 Å². The number of nitrogen functional groups attached to an aromatic ring is 1. The minimum absolute atomic E-state index is 0.0811. The van der Waals surface area contributed by atoms with Gasteiger partial charge in [-0.2, -0.15) is 8.78 Å². The van der Waals surface area contributed by atoms with Gasteiger partial charge in [-0.05, 0) is 24.3 Å². The smallest absolute Gasteiger partial charge is 0.387 e. The predicted molar refractivity (Wildman–Crippen MR) is 104 cm³/mol. The van der Waals surface area contributed by atoms with Crippen LogP contribution in [0.25, 0.3) is 11.3 Å². The molecule has 0 radical (unpaired) electrons. The van der Waals surface area contributed by atoms with E-state index in [-0.39, 0.29) is 17.1 Å². The Kier molecular flexibility index (Phi) is 6.45. The number of hydrogen-bond acceptors (Lipinski definition) is 6. The number of nitrogens with one attached hydrogen (secondary N) is 1. The standard InChI is InChI=1S/C19H16F2N4O3S/c20-18(21)28-14-8-6-13(7-9-14)17(27)24-16(26)11-29-19-23-15(10-25(19)22)12-4-2-1-3-5-12/h1-10,18H,11,22H2,(H,24,26,27). The van der Waals surface area contributed by atoms with Crippen molar-refractivity contribution in [2.45, 2.75) is 11.8 Å². The molecule has 0 aliphatic heterocycles. The minimum atomic E-state index is -2.95. The van der Waals surface area contributed by atoms with Crippen molar-refractivity contribution in [2.24, 2.45) is 0 Å². The number of imide groups is 1. The summed E-state index contributed by atoms with van der Waals surface area (Å²) in [6.07, 6.45) is 1.64. The average molecular weight is 418 g/mol. The molecule has 0 saturated heterocycles. The van der Waals surface area contributed by atoms with Crippen molar-refractivity contribution in [3.05, 3.63) is 66.4 Å². The highest BCUT2D eigenvalue weighted by molar-refractivity contribution is 7.99. The number of rotatable bonds is 7. The highest BCUT2D eigenvalue weighted by Gasteiger charge is 2.14. The van der Waals surface area contributed by atoms with Crippen molar-refractivity contribution in [2.75, 3.05) is 11.6 Å². The maximum atomic E-state index is 12.1. The van der Waals surface area contributed by atoms with Crippen molar-refractivity contribution in [3.63, 3.8) is 0 Å². The average Bonchev–Trinajstić information content (AvgIpc) is 3.08. The van der Waals surface area contributed by atoms with E-state index in [4.69, 9.17) is 5.84 Å². The van der Waals surface area contributed by atoms with Crippen molar-refractivity contribution < 1.29 is 23.1 Å². The van der Waals surface area contributed by atoms with Gasteiger partial charge in [0.2, 0.25) is 5.91 Å². The summed E-state index contributed by atoms with van der Waals surface area (Å²) in [6, 6.07) is 14.4. The maximum Gasteiger partial charge on any atom is 0.387 e. The van der Waals surface area contributed by atoms with Crippen molar-refractivity contribution in [3.8, 4) is 17.0 Å². The first-order chi connectivity index (χ1) is 13.9. The quantitative estimate of drug-likeness (QED) is 0.452. The topological polar surface area (TPSA) is 99.2 Å². The summed E-state index contributed by atoms with van der Waals surface area (Å²) in [5, 5.41) is 2.64. The first-order valence-corrected chi connectivity index (χ1v) is 9.32. The largest absolute Gasteiger partial charge is 0.435 e. The number of hydrogen-bond donors (Lipinski definition) is 2. The second kappa shape index (κ2) is 9.20. The number of nitrogens with zero attached hydrogens (tertiary/aromatic N) is 2. The van der Waals surface area contributed by atoms with Crippen LogP contribution in [0.15, 0.2) is 66.0 Å². The van der Waals surface area contributed by atoms with Crippen LogP contribution in [0.1, 0.15) is 10.4 Å². The van der Waals surface area contributed by atoms with Gasteiger partial charge in [-0.1, -0.05) is 42.1 Å². The molecule has 1 aromatic heterocycles. The SMILES string of the molecule is Nn1cc(-c2ccccc2)nc1SCC(=O)NC(=O)c1ccc(OC(F)F)cc1. The summed E-state index contributed by atoms with van der Waals surface area (Å²) >= 11 is 1.08. The Morgan fingerprint density at radius 3 is 2.48 bits per heavy atom. The number of ether oxygens (including phenoxy) is 1. The minimum Gasteiger partial charge on any atom is -0.435 e. The molecule has 0 bridgehead atoms. The lowest BCUT2D eigenvalue weighted by molar-refractivity contribution is -0.117. The lowest BCUT2D eigenvalue weighted by Crippen LogP contribution is -2.32. The normalized spacial score (nSPS) is 10.7. The molecule has 0 atom stereocenters. The molecule has 10 heteroatoms. The molecule has 1 heterocycles. The molecule has 0 saturated carbocycles. The van der Waals surface area contributed by atoms with Crippen molar-refractivity contribution >= 4 is 23.6 Å². The van der Waals surface area contributed by atoms with Crippen LogP contribution in [0.2, 0.25) is 0 Å². The van der Waals surface area contributed by atoms with Gasteiger partial charge < -0.3 is 10.6 Å². The molecule has 3 aromatic rings. The molecular formula is C19H16F2N4O3S. The third-order valence-electron chi connectivity index (χ3n) is 3.69. The summed E-state index contributed by atoms with van der Waals surface area (Å²) in [7, 11) is 0. The van der Waals surface area contributed by atoms with E-state index in [0.717, 1.165) is 17.3 Å². The van der Waals surface area contributed by atoms with E-state index in [0.29, 0.717) is 10.9 Å². The number of alkyl halides is 2. The zero-order valence-corrected chi connectivity index (χ0v) is 15.7. The van der Waals surface area contributed by atoms with E-state index >= 15 is 0 Å². The van der Waals surface area contributed by atoms with E-state index in [9.17, 15) is 18.4 Å². The Labute approximate surface area is 168 Å². The third kappa shape index (κ3) is 5.55. The summed E-state index contributed by atoms with van der Waals surface area (Å²) < 4.78 is 29.8. The van der Waals surface area contributed by atoms with Gasteiger partial charge >= 0.3 is 6.61 Å². The van der Waals surface area contributed by atoms with Crippen LogP contribution in [0, 0.1) is 0 Å². The molecule has 2 amide bonds. The van der Waals surface area contributed by atoms with Gasteiger partial charge in [0.1, 0.15) is 5.75 Å². The Hall–Kier alpha value is -3.40. The number of thioether (sulfide) groups is 1. The van der Waals surface area contributed by atoms with E-state index in [1.165, 1.54) is 28.9 Å².